The SMILES string of the molecule is C[C@H]1OCCN[C@@H]1C(=O)NCC1CCN(CCc2ccccc2)C1. The molecule has 3 rings (SSSR count). The van der Waals surface area contributed by atoms with Crippen LogP contribution in [0.3, 0.4) is 0 Å². The summed E-state index contributed by atoms with van der Waals surface area (Å²) < 4.78 is 5.54. The highest BCUT2D eigenvalue weighted by Gasteiger charge is 2.29. The van der Waals surface area contributed by atoms with E-state index in [-0.39, 0.29) is 18.1 Å². The van der Waals surface area contributed by atoms with E-state index in [1.165, 1.54) is 12.0 Å². The average molecular weight is 331 g/mol. The van der Waals surface area contributed by atoms with Crippen LogP contribution in [-0.2, 0) is 16.0 Å². The molecule has 132 valence electrons. The highest BCUT2D eigenvalue weighted by molar-refractivity contribution is 5.82. The maximum absolute atomic E-state index is 12.3. The van der Waals surface area contributed by atoms with E-state index in [9.17, 15) is 4.79 Å². The predicted octanol–water partition coefficient (Wildman–Crippen LogP) is 1.04. The van der Waals surface area contributed by atoms with Gasteiger partial charge < -0.3 is 20.3 Å². The molecular weight excluding hydrogens is 302 g/mol. The highest BCUT2D eigenvalue weighted by atomic mass is 16.5. The first kappa shape index (κ1) is 17.4. The van der Waals surface area contributed by atoms with E-state index in [0.717, 1.165) is 39.1 Å². The van der Waals surface area contributed by atoms with Crippen molar-refractivity contribution in [3.63, 3.8) is 0 Å². The molecule has 3 atom stereocenters. The topological polar surface area (TPSA) is 53.6 Å². The third-order valence-electron chi connectivity index (χ3n) is 5.09. The van der Waals surface area contributed by atoms with Gasteiger partial charge in [-0.15, -0.1) is 0 Å². The van der Waals surface area contributed by atoms with E-state index in [2.05, 4.69) is 45.9 Å². The van der Waals surface area contributed by atoms with Crippen LogP contribution in [0.25, 0.3) is 0 Å². The lowest BCUT2D eigenvalue weighted by molar-refractivity contribution is -0.129. The number of rotatable bonds is 6. The molecule has 0 radical (unpaired) electrons. The summed E-state index contributed by atoms with van der Waals surface area (Å²) in [6.07, 6.45) is 2.21. The van der Waals surface area contributed by atoms with Crippen molar-refractivity contribution in [2.75, 3.05) is 39.3 Å². The molecule has 2 fully saturated rings. The van der Waals surface area contributed by atoms with Gasteiger partial charge in [-0.2, -0.15) is 0 Å². The summed E-state index contributed by atoms with van der Waals surface area (Å²) in [5.41, 5.74) is 1.40. The first-order chi connectivity index (χ1) is 11.7. The van der Waals surface area contributed by atoms with E-state index in [0.29, 0.717) is 12.5 Å². The molecule has 0 aromatic heterocycles. The molecule has 1 unspecified atom stereocenters. The number of carbonyl (C=O) groups excluding carboxylic acids is 1. The number of hydrogen-bond donors (Lipinski definition) is 2. The fourth-order valence-corrected chi connectivity index (χ4v) is 3.60. The van der Waals surface area contributed by atoms with E-state index in [1.54, 1.807) is 0 Å². The zero-order valence-corrected chi connectivity index (χ0v) is 14.5. The Hall–Kier alpha value is -1.43. The summed E-state index contributed by atoms with van der Waals surface area (Å²) in [5.74, 6) is 0.634. The third-order valence-corrected chi connectivity index (χ3v) is 5.09. The molecule has 24 heavy (non-hydrogen) atoms. The van der Waals surface area contributed by atoms with Crippen molar-refractivity contribution in [1.82, 2.24) is 15.5 Å². The lowest BCUT2D eigenvalue weighted by Crippen LogP contribution is -2.56. The minimum absolute atomic E-state index is 0.0512. The largest absolute Gasteiger partial charge is 0.375 e. The van der Waals surface area contributed by atoms with Crippen LogP contribution in [-0.4, -0.2) is 62.3 Å². The molecule has 1 aromatic carbocycles. The highest BCUT2D eigenvalue weighted by Crippen LogP contribution is 2.16. The molecule has 2 saturated heterocycles. The maximum Gasteiger partial charge on any atom is 0.239 e. The normalized spacial score (nSPS) is 28.0. The maximum atomic E-state index is 12.3. The molecule has 5 nitrogen and oxygen atoms in total. The van der Waals surface area contributed by atoms with Crippen molar-refractivity contribution < 1.29 is 9.53 Å². The Bertz CT molecular complexity index is 523. The number of nitrogens with one attached hydrogen (secondary N) is 2. The first-order valence-electron chi connectivity index (χ1n) is 9.11. The number of amides is 1. The molecule has 2 heterocycles. The van der Waals surface area contributed by atoms with Gasteiger partial charge in [-0.3, -0.25) is 4.79 Å². The monoisotopic (exact) mass is 331 g/mol. The van der Waals surface area contributed by atoms with Crippen LogP contribution in [0.2, 0.25) is 0 Å². The van der Waals surface area contributed by atoms with E-state index in [1.807, 2.05) is 6.92 Å². The van der Waals surface area contributed by atoms with Crippen molar-refractivity contribution in [3.05, 3.63) is 35.9 Å². The number of morpholine rings is 1. The molecule has 2 N–H and O–H groups in total. The molecule has 0 bridgehead atoms. The Kier molecular flexibility index (Phi) is 6.24. The van der Waals surface area contributed by atoms with Crippen molar-refractivity contribution in [2.24, 2.45) is 5.92 Å². The Morgan fingerprint density at radius 2 is 2.21 bits per heavy atom. The summed E-state index contributed by atoms with van der Waals surface area (Å²) in [7, 11) is 0. The molecule has 0 saturated carbocycles. The Morgan fingerprint density at radius 3 is 3.00 bits per heavy atom. The van der Waals surface area contributed by atoms with Gasteiger partial charge in [0.05, 0.1) is 12.7 Å². The van der Waals surface area contributed by atoms with Crippen LogP contribution in [0.5, 0.6) is 0 Å². The summed E-state index contributed by atoms with van der Waals surface area (Å²) in [4.78, 5) is 14.8. The van der Waals surface area contributed by atoms with Crippen LogP contribution < -0.4 is 10.6 Å². The number of ether oxygens (including phenoxy) is 1. The van der Waals surface area contributed by atoms with Crippen LogP contribution in [0.4, 0.5) is 0 Å². The van der Waals surface area contributed by atoms with Gasteiger partial charge in [0.25, 0.3) is 0 Å². The van der Waals surface area contributed by atoms with Gasteiger partial charge in [0.1, 0.15) is 6.04 Å². The summed E-state index contributed by atoms with van der Waals surface area (Å²) in [6.45, 7) is 7.47. The Balaban J connectivity index is 1.36. The number of nitrogens with zero attached hydrogens (tertiary/aromatic N) is 1. The zero-order chi connectivity index (χ0) is 16.8. The number of carbonyl (C=O) groups is 1. The number of hydrogen-bond acceptors (Lipinski definition) is 4. The van der Waals surface area contributed by atoms with Gasteiger partial charge in [0.2, 0.25) is 5.91 Å². The van der Waals surface area contributed by atoms with Crippen LogP contribution in [0, 0.1) is 5.92 Å². The van der Waals surface area contributed by atoms with Crippen LogP contribution in [0.15, 0.2) is 30.3 Å². The molecule has 1 amide bonds. The van der Waals surface area contributed by atoms with E-state index in [4.69, 9.17) is 4.74 Å². The summed E-state index contributed by atoms with van der Waals surface area (Å²) in [5, 5.41) is 6.35. The van der Waals surface area contributed by atoms with E-state index >= 15 is 0 Å². The predicted molar refractivity (Wildman–Crippen MR) is 94.9 cm³/mol. The number of benzene rings is 1. The summed E-state index contributed by atoms with van der Waals surface area (Å²) >= 11 is 0. The first-order valence-corrected chi connectivity index (χ1v) is 9.11. The summed E-state index contributed by atoms with van der Waals surface area (Å²) in [6, 6.07) is 10.4. The second kappa shape index (κ2) is 8.60. The van der Waals surface area contributed by atoms with Crippen molar-refractivity contribution in [1.29, 1.82) is 0 Å². The number of likely N-dealkylation sites (tertiary alicyclic amines) is 1. The standard InChI is InChI=1S/C19H29N3O2/c1-15-18(20-9-12-24-15)19(23)21-13-17-8-11-22(14-17)10-7-16-5-3-2-4-6-16/h2-6,15,17-18,20H,7-14H2,1H3,(H,21,23)/t15-,17?,18+/m1/s1. The fourth-order valence-electron chi connectivity index (χ4n) is 3.60. The average Bonchev–Trinajstić information content (AvgIpc) is 3.07. The van der Waals surface area contributed by atoms with Gasteiger partial charge >= 0.3 is 0 Å². The molecule has 2 aliphatic rings. The second-order valence-corrected chi connectivity index (χ2v) is 6.94. The molecule has 2 aliphatic heterocycles. The molecule has 0 aliphatic carbocycles. The van der Waals surface area contributed by atoms with Gasteiger partial charge in [-0.1, -0.05) is 30.3 Å². The smallest absolute Gasteiger partial charge is 0.239 e. The van der Waals surface area contributed by atoms with Crippen molar-refractivity contribution in [2.45, 2.75) is 31.9 Å². The Morgan fingerprint density at radius 1 is 1.38 bits per heavy atom. The third kappa shape index (κ3) is 4.79. The minimum Gasteiger partial charge on any atom is -0.375 e. The molecule has 1 aromatic rings. The van der Waals surface area contributed by atoms with Gasteiger partial charge in [-0.25, -0.2) is 0 Å². The van der Waals surface area contributed by atoms with Crippen LogP contribution in [0.1, 0.15) is 18.9 Å². The Labute approximate surface area is 144 Å². The zero-order valence-electron chi connectivity index (χ0n) is 14.5. The lowest BCUT2D eigenvalue weighted by Gasteiger charge is -2.29. The van der Waals surface area contributed by atoms with E-state index < -0.39 is 0 Å². The fraction of sp³-hybridized carbons (Fsp3) is 0.632. The van der Waals surface area contributed by atoms with Crippen LogP contribution >= 0.6 is 0 Å². The lowest BCUT2D eigenvalue weighted by atomic mass is 10.1. The molecular formula is C19H29N3O2. The van der Waals surface area contributed by atoms with Gasteiger partial charge in [0.15, 0.2) is 0 Å². The van der Waals surface area contributed by atoms with Gasteiger partial charge in [0, 0.05) is 26.2 Å². The second-order valence-electron chi connectivity index (χ2n) is 6.94. The quantitative estimate of drug-likeness (QED) is 0.818. The van der Waals surface area contributed by atoms with Gasteiger partial charge in [-0.05, 0) is 37.8 Å². The van der Waals surface area contributed by atoms with Crippen molar-refractivity contribution >= 4 is 5.91 Å². The minimum atomic E-state index is -0.214. The molecule has 0 spiro atoms. The van der Waals surface area contributed by atoms with Crippen molar-refractivity contribution in [3.8, 4) is 0 Å². The molecule has 5 heteroatoms.